The van der Waals surface area contributed by atoms with E-state index < -0.39 is 11.9 Å². The summed E-state index contributed by atoms with van der Waals surface area (Å²) in [7, 11) is 0. The minimum absolute atomic E-state index is 0.0828. The van der Waals surface area contributed by atoms with E-state index in [1.54, 1.807) is 13.0 Å². The summed E-state index contributed by atoms with van der Waals surface area (Å²) in [5.74, 6) is -0.622. The highest BCUT2D eigenvalue weighted by atomic mass is 19.3. The third kappa shape index (κ3) is 2.12. The highest BCUT2D eigenvalue weighted by Crippen LogP contribution is 2.14. The summed E-state index contributed by atoms with van der Waals surface area (Å²) in [6, 6.07) is 4.12. The number of hydrogen-bond donors (Lipinski definition) is 0. The quantitative estimate of drug-likeness (QED) is 0.609. The average Bonchev–Trinajstić information content (AvgIpc) is 1.94. The molecule has 3 heteroatoms. The van der Waals surface area contributed by atoms with Gasteiger partial charge in [0, 0.05) is 11.6 Å². The highest BCUT2D eigenvalue weighted by molar-refractivity contribution is 5.50. The number of halogens is 3. The van der Waals surface area contributed by atoms with E-state index in [0.29, 0.717) is 11.6 Å². The van der Waals surface area contributed by atoms with E-state index in [0.717, 1.165) is 0 Å². The minimum Gasteiger partial charge on any atom is -0.206 e. The Bertz CT molecular complexity index is 312. The van der Waals surface area contributed by atoms with Crippen LogP contribution in [-0.2, 0) is 0 Å². The van der Waals surface area contributed by atoms with Crippen molar-refractivity contribution in [2.24, 2.45) is 0 Å². The molecule has 0 bridgehead atoms. The van der Waals surface area contributed by atoms with Crippen LogP contribution < -0.4 is 0 Å². The fraction of sp³-hybridized carbons (Fsp3) is 0.111. The first-order valence-electron chi connectivity index (χ1n) is 3.38. The Balaban J connectivity index is 3.10. The zero-order chi connectivity index (χ0) is 9.14. The molecule has 0 amide bonds. The summed E-state index contributed by atoms with van der Waals surface area (Å²) in [6.07, 6.45) is -1.38. The maximum atomic E-state index is 12.8. The molecule has 0 aromatic heterocycles. The van der Waals surface area contributed by atoms with Crippen molar-refractivity contribution in [3.8, 4) is 0 Å². The van der Waals surface area contributed by atoms with Crippen molar-refractivity contribution in [1.82, 2.24) is 0 Å². The molecular formula is C9H7F3. The first-order valence-corrected chi connectivity index (χ1v) is 3.38. The fourth-order valence-electron chi connectivity index (χ4n) is 0.867. The van der Waals surface area contributed by atoms with Gasteiger partial charge in [-0.25, -0.2) is 4.39 Å². The van der Waals surface area contributed by atoms with Gasteiger partial charge in [-0.05, 0) is 18.6 Å². The van der Waals surface area contributed by atoms with Crippen LogP contribution in [0.4, 0.5) is 13.2 Å². The second kappa shape index (κ2) is 3.43. The topological polar surface area (TPSA) is 0 Å². The molecule has 0 saturated heterocycles. The van der Waals surface area contributed by atoms with Crippen molar-refractivity contribution >= 4 is 6.08 Å². The lowest BCUT2D eigenvalue weighted by Gasteiger charge is -1.96. The second-order valence-corrected chi connectivity index (χ2v) is 2.46. The van der Waals surface area contributed by atoms with E-state index in [-0.39, 0.29) is 5.56 Å². The van der Waals surface area contributed by atoms with Gasteiger partial charge in [0.1, 0.15) is 5.82 Å². The Morgan fingerprint density at radius 2 is 2.00 bits per heavy atom. The van der Waals surface area contributed by atoms with Crippen LogP contribution in [0.5, 0.6) is 0 Å². The molecule has 12 heavy (non-hydrogen) atoms. The molecule has 1 rings (SSSR count). The maximum absolute atomic E-state index is 12.8. The highest BCUT2D eigenvalue weighted by Gasteiger charge is 2.00. The van der Waals surface area contributed by atoms with Crippen LogP contribution in [0.25, 0.3) is 6.08 Å². The fourth-order valence-corrected chi connectivity index (χ4v) is 0.867. The number of aryl methyl sites for hydroxylation is 1. The molecule has 0 aliphatic carbocycles. The van der Waals surface area contributed by atoms with Crippen molar-refractivity contribution in [2.75, 3.05) is 0 Å². The van der Waals surface area contributed by atoms with Gasteiger partial charge in [-0.1, -0.05) is 12.1 Å². The van der Waals surface area contributed by atoms with Crippen LogP contribution in [0, 0.1) is 12.7 Å². The SMILES string of the molecule is Cc1ccc(C=C(F)F)c(F)c1. The van der Waals surface area contributed by atoms with Crippen LogP contribution in [0.1, 0.15) is 11.1 Å². The van der Waals surface area contributed by atoms with Crippen molar-refractivity contribution < 1.29 is 13.2 Å². The summed E-state index contributed by atoms with van der Waals surface area (Å²) in [5, 5.41) is 0. The Morgan fingerprint density at radius 1 is 1.33 bits per heavy atom. The number of hydrogen-bond acceptors (Lipinski definition) is 0. The van der Waals surface area contributed by atoms with Gasteiger partial charge in [0.15, 0.2) is 0 Å². The van der Waals surface area contributed by atoms with Gasteiger partial charge in [0.05, 0.1) is 0 Å². The average molecular weight is 172 g/mol. The van der Waals surface area contributed by atoms with E-state index in [1.165, 1.54) is 12.1 Å². The summed E-state index contributed by atoms with van der Waals surface area (Å²) >= 11 is 0. The number of benzene rings is 1. The number of rotatable bonds is 1. The summed E-state index contributed by atoms with van der Waals surface area (Å²) < 4.78 is 36.2. The van der Waals surface area contributed by atoms with Gasteiger partial charge in [0.25, 0.3) is 6.08 Å². The summed E-state index contributed by atoms with van der Waals surface area (Å²) in [5.41, 5.74) is 0.629. The Morgan fingerprint density at radius 3 is 2.50 bits per heavy atom. The van der Waals surface area contributed by atoms with E-state index >= 15 is 0 Å². The van der Waals surface area contributed by atoms with Crippen LogP contribution in [0.3, 0.4) is 0 Å². The maximum Gasteiger partial charge on any atom is 0.271 e. The molecule has 1 aromatic carbocycles. The smallest absolute Gasteiger partial charge is 0.206 e. The molecule has 0 atom stereocenters. The van der Waals surface area contributed by atoms with E-state index in [9.17, 15) is 13.2 Å². The lowest BCUT2D eigenvalue weighted by Crippen LogP contribution is -1.83. The minimum atomic E-state index is -1.89. The molecule has 0 N–H and O–H groups in total. The second-order valence-electron chi connectivity index (χ2n) is 2.46. The molecule has 0 aliphatic rings. The van der Waals surface area contributed by atoms with Crippen molar-refractivity contribution in [1.29, 1.82) is 0 Å². The standard InChI is InChI=1S/C9H7F3/c1-6-2-3-7(5-9(11)12)8(10)4-6/h2-5H,1H3. The van der Waals surface area contributed by atoms with E-state index in [1.807, 2.05) is 0 Å². The van der Waals surface area contributed by atoms with Gasteiger partial charge in [-0.2, -0.15) is 8.78 Å². The molecule has 0 unspecified atom stereocenters. The van der Waals surface area contributed by atoms with Crippen LogP contribution in [0.2, 0.25) is 0 Å². The molecule has 0 fully saturated rings. The molecule has 0 spiro atoms. The molecule has 0 aliphatic heterocycles. The molecule has 0 saturated carbocycles. The van der Waals surface area contributed by atoms with Crippen molar-refractivity contribution in [2.45, 2.75) is 6.92 Å². The van der Waals surface area contributed by atoms with E-state index in [4.69, 9.17) is 0 Å². The van der Waals surface area contributed by atoms with Gasteiger partial charge in [-0.3, -0.25) is 0 Å². The molecule has 64 valence electrons. The third-order valence-electron chi connectivity index (χ3n) is 1.42. The molecule has 0 nitrogen and oxygen atoms in total. The first-order chi connectivity index (χ1) is 5.59. The largest absolute Gasteiger partial charge is 0.271 e. The van der Waals surface area contributed by atoms with Crippen LogP contribution in [-0.4, -0.2) is 0 Å². The van der Waals surface area contributed by atoms with Gasteiger partial charge in [-0.15, -0.1) is 0 Å². The predicted molar refractivity (Wildman–Crippen MR) is 41.3 cm³/mol. The summed E-state index contributed by atoms with van der Waals surface area (Å²) in [6.45, 7) is 1.70. The molecule has 0 radical (unpaired) electrons. The molecule has 1 aromatic rings. The van der Waals surface area contributed by atoms with Gasteiger partial charge >= 0.3 is 0 Å². The monoisotopic (exact) mass is 172 g/mol. The first kappa shape index (κ1) is 8.84. The van der Waals surface area contributed by atoms with E-state index in [2.05, 4.69) is 0 Å². The zero-order valence-electron chi connectivity index (χ0n) is 6.44. The van der Waals surface area contributed by atoms with Gasteiger partial charge in [0.2, 0.25) is 0 Å². The zero-order valence-corrected chi connectivity index (χ0v) is 6.44. The lowest BCUT2D eigenvalue weighted by atomic mass is 10.1. The third-order valence-corrected chi connectivity index (χ3v) is 1.42. The normalized spacial score (nSPS) is 9.67. The Kier molecular flexibility index (Phi) is 2.53. The predicted octanol–water partition coefficient (Wildman–Crippen LogP) is 3.37. The summed E-state index contributed by atoms with van der Waals surface area (Å²) in [4.78, 5) is 0. The Hall–Kier alpha value is -1.25. The van der Waals surface area contributed by atoms with Crippen molar-refractivity contribution in [3.63, 3.8) is 0 Å². The molecule has 0 heterocycles. The Labute approximate surface area is 68.3 Å². The van der Waals surface area contributed by atoms with Crippen LogP contribution in [0.15, 0.2) is 24.3 Å². The molecular weight excluding hydrogens is 165 g/mol. The van der Waals surface area contributed by atoms with Crippen LogP contribution >= 0.6 is 0 Å². The van der Waals surface area contributed by atoms with Crippen molar-refractivity contribution in [3.05, 3.63) is 41.2 Å². The van der Waals surface area contributed by atoms with Gasteiger partial charge < -0.3 is 0 Å². The lowest BCUT2D eigenvalue weighted by molar-refractivity contribution is 0.429.